The molecule has 1 aliphatic heterocycles. The van der Waals surface area contributed by atoms with E-state index in [4.69, 9.17) is 10.1 Å². The number of thioether (sulfide) groups is 1. The highest BCUT2D eigenvalue weighted by molar-refractivity contribution is 8.15. The lowest BCUT2D eigenvalue weighted by molar-refractivity contribution is -0.150. The van der Waals surface area contributed by atoms with Gasteiger partial charge in [0.1, 0.15) is 5.92 Å². The summed E-state index contributed by atoms with van der Waals surface area (Å²) in [5.41, 5.74) is 1.47. The summed E-state index contributed by atoms with van der Waals surface area (Å²) < 4.78 is 5.39. The van der Waals surface area contributed by atoms with Gasteiger partial charge >= 0.3 is 5.97 Å². The van der Waals surface area contributed by atoms with Gasteiger partial charge < -0.3 is 4.74 Å². The van der Waals surface area contributed by atoms with Gasteiger partial charge in [0, 0.05) is 11.5 Å². The Morgan fingerprint density at radius 2 is 1.58 bits per heavy atom. The highest BCUT2D eigenvalue weighted by Gasteiger charge is 2.49. The zero-order valence-electron chi connectivity index (χ0n) is 14.7. The van der Waals surface area contributed by atoms with Gasteiger partial charge in [-0.15, -0.1) is 0 Å². The average Bonchev–Trinajstić information content (AvgIpc) is 2.99. The molecule has 4 nitrogen and oxygen atoms in total. The number of ether oxygens (including phenoxy) is 1. The van der Waals surface area contributed by atoms with Crippen LogP contribution in [0.5, 0.6) is 0 Å². The molecule has 134 valence electrons. The van der Waals surface area contributed by atoms with Crippen LogP contribution >= 0.6 is 11.8 Å². The second kappa shape index (κ2) is 7.87. The van der Waals surface area contributed by atoms with Crippen LogP contribution in [0, 0.1) is 11.3 Å². The predicted molar refractivity (Wildman–Crippen MR) is 104 cm³/mol. The molecule has 3 atom stereocenters. The molecule has 1 fully saturated rings. The van der Waals surface area contributed by atoms with Gasteiger partial charge in [0.2, 0.25) is 0 Å². The van der Waals surface area contributed by atoms with Gasteiger partial charge in [0.15, 0.2) is 5.78 Å². The van der Waals surface area contributed by atoms with Crippen molar-refractivity contribution < 1.29 is 14.3 Å². The molecule has 2 aromatic rings. The van der Waals surface area contributed by atoms with Gasteiger partial charge in [0.05, 0.1) is 16.4 Å². The third kappa shape index (κ3) is 3.73. The normalized spacial score (nSPS) is 22.4. The maximum atomic E-state index is 13.1. The summed E-state index contributed by atoms with van der Waals surface area (Å²) in [6.45, 7) is 3.57. The summed E-state index contributed by atoms with van der Waals surface area (Å²) in [5, 5.41) is 8.03. The lowest BCUT2D eigenvalue weighted by Crippen LogP contribution is -2.32. The van der Waals surface area contributed by atoms with Crippen molar-refractivity contribution in [3.63, 3.8) is 0 Å². The first-order valence-electron chi connectivity index (χ1n) is 8.59. The van der Waals surface area contributed by atoms with Gasteiger partial charge in [-0.05, 0) is 19.4 Å². The Morgan fingerprint density at radius 3 is 2.15 bits per heavy atom. The molecule has 5 heteroatoms. The minimum Gasteiger partial charge on any atom is -0.462 e. The molecule has 0 saturated carbocycles. The van der Waals surface area contributed by atoms with Crippen molar-refractivity contribution in [2.75, 3.05) is 0 Å². The van der Waals surface area contributed by atoms with Crippen molar-refractivity contribution in [1.82, 2.24) is 0 Å². The fourth-order valence-electron chi connectivity index (χ4n) is 3.21. The average molecular weight is 367 g/mol. The Bertz CT molecular complexity index is 805. The molecule has 0 unspecified atom stereocenters. The van der Waals surface area contributed by atoms with Gasteiger partial charge in [-0.1, -0.05) is 72.4 Å². The summed E-state index contributed by atoms with van der Waals surface area (Å²) in [6.07, 6.45) is -0.263. The summed E-state index contributed by atoms with van der Waals surface area (Å²) in [4.78, 5) is 25.8. The minimum atomic E-state index is -0.748. The van der Waals surface area contributed by atoms with Crippen molar-refractivity contribution in [1.29, 1.82) is 5.41 Å². The van der Waals surface area contributed by atoms with Crippen molar-refractivity contribution in [3.8, 4) is 0 Å². The van der Waals surface area contributed by atoms with Crippen molar-refractivity contribution >= 4 is 28.6 Å². The van der Waals surface area contributed by atoms with E-state index in [0.717, 1.165) is 5.56 Å². The predicted octanol–water partition coefficient (Wildman–Crippen LogP) is 4.31. The second-order valence-electron chi connectivity index (χ2n) is 6.53. The second-order valence-corrected chi connectivity index (χ2v) is 7.72. The van der Waals surface area contributed by atoms with Crippen LogP contribution in [0.15, 0.2) is 60.7 Å². The fourth-order valence-corrected chi connectivity index (χ4v) is 4.57. The summed E-state index contributed by atoms with van der Waals surface area (Å²) in [6, 6.07) is 18.5. The van der Waals surface area contributed by atoms with Crippen molar-refractivity contribution in [3.05, 3.63) is 71.8 Å². The molecule has 0 bridgehead atoms. The molecular formula is C21H21NO3S. The van der Waals surface area contributed by atoms with Gasteiger partial charge in [0.25, 0.3) is 0 Å². The summed E-state index contributed by atoms with van der Waals surface area (Å²) >= 11 is 1.17. The molecule has 0 radical (unpaired) electrons. The van der Waals surface area contributed by atoms with Crippen LogP contribution in [0.2, 0.25) is 0 Å². The first-order chi connectivity index (χ1) is 12.5. The summed E-state index contributed by atoms with van der Waals surface area (Å²) in [5.74, 6) is -1.65. The quantitative estimate of drug-likeness (QED) is 0.631. The number of ketones is 1. The number of hydrogen-bond donors (Lipinski definition) is 1. The number of Topliss-reactive ketones (excluding diaryl/α,β-unsaturated/α-hetero) is 1. The maximum Gasteiger partial charge on any atom is 0.316 e. The molecule has 0 aromatic heterocycles. The number of carbonyl (C=O) groups is 2. The number of rotatable bonds is 5. The third-order valence-corrected chi connectivity index (χ3v) is 5.60. The van der Waals surface area contributed by atoms with Gasteiger partial charge in [-0.3, -0.25) is 15.0 Å². The van der Waals surface area contributed by atoms with E-state index in [0.29, 0.717) is 5.56 Å². The Labute approximate surface area is 157 Å². The summed E-state index contributed by atoms with van der Waals surface area (Å²) in [7, 11) is 0. The Balaban J connectivity index is 2.00. The number of benzene rings is 2. The smallest absolute Gasteiger partial charge is 0.316 e. The molecular weight excluding hydrogens is 346 g/mol. The number of carbonyl (C=O) groups excluding carboxylic acids is 2. The lowest BCUT2D eigenvalue weighted by atomic mass is 9.82. The van der Waals surface area contributed by atoms with Gasteiger partial charge in [-0.25, -0.2) is 0 Å². The molecule has 0 amide bonds. The van der Waals surface area contributed by atoms with E-state index in [1.54, 1.807) is 26.0 Å². The van der Waals surface area contributed by atoms with Crippen LogP contribution in [0.25, 0.3) is 0 Å². The monoisotopic (exact) mass is 367 g/mol. The standard InChI is InChI=1S/C21H21NO3S/c1-13(2)25-21(24)17-16(14-9-5-3-6-10-14)19(26-20(17)22)18(23)15-11-7-4-8-12-15/h3-13,16-17,19,22H,1-2H3/t16-,17+,19-/m0/s1. The van der Waals surface area contributed by atoms with Crippen LogP contribution in [0.3, 0.4) is 0 Å². The van der Waals surface area contributed by atoms with Crippen molar-refractivity contribution in [2.45, 2.75) is 31.1 Å². The Morgan fingerprint density at radius 1 is 1.00 bits per heavy atom. The van der Waals surface area contributed by atoms with E-state index in [2.05, 4.69) is 0 Å². The van der Waals surface area contributed by atoms with Crippen molar-refractivity contribution in [2.24, 2.45) is 5.92 Å². The molecule has 0 spiro atoms. The highest BCUT2D eigenvalue weighted by Crippen LogP contribution is 2.47. The van der Waals surface area contributed by atoms with Crippen LogP contribution in [-0.2, 0) is 9.53 Å². The molecule has 2 aromatic carbocycles. The van der Waals surface area contributed by atoms with E-state index in [-0.39, 0.29) is 16.9 Å². The third-order valence-electron chi connectivity index (χ3n) is 4.33. The largest absolute Gasteiger partial charge is 0.462 e. The molecule has 1 saturated heterocycles. The molecule has 26 heavy (non-hydrogen) atoms. The van der Waals surface area contributed by atoms with E-state index in [1.165, 1.54) is 11.8 Å². The van der Waals surface area contributed by atoms with E-state index < -0.39 is 23.1 Å². The SMILES string of the molecule is CC(C)OC(=O)[C@H]1C(=N)S[C@H](C(=O)c2ccccc2)[C@H]1c1ccccc1. The van der Waals surface area contributed by atoms with Crippen LogP contribution < -0.4 is 0 Å². The number of esters is 1. The first kappa shape index (κ1) is 18.4. The molecule has 1 heterocycles. The minimum absolute atomic E-state index is 0.0611. The molecule has 1 N–H and O–H groups in total. The van der Waals surface area contributed by atoms with Crippen LogP contribution in [0.4, 0.5) is 0 Å². The van der Waals surface area contributed by atoms with E-state index in [1.807, 2.05) is 48.5 Å². The molecule has 3 rings (SSSR count). The van der Waals surface area contributed by atoms with Crippen LogP contribution in [-0.4, -0.2) is 28.2 Å². The van der Waals surface area contributed by atoms with E-state index in [9.17, 15) is 9.59 Å². The Hall–Kier alpha value is -2.40. The topological polar surface area (TPSA) is 67.2 Å². The molecule has 1 aliphatic rings. The Kier molecular flexibility index (Phi) is 5.57. The zero-order chi connectivity index (χ0) is 18.7. The van der Waals surface area contributed by atoms with E-state index >= 15 is 0 Å². The fraction of sp³-hybridized carbons (Fsp3) is 0.286. The number of hydrogen-bond acceptors (Lipinski definition) is 5. The van der Waals surface area contributed by atoms with Crippen LogP contribution in [0.1, 0.15) is 35.7 Å². The lowest BCUT2D eigenvalue weighted by Gasteiger charge is -2.23. The number of nitrogens with one attached hydrogen (secondary N) is 1. The highest BCUT2D eigenvalue weighted by atomic mass is 32.2. The maximum absolute atomic E-state index is 13.1. The first-order valence-corrected chi connectivity index (χ1v) is 9.46. The van der Waals surface area contributed by atoms with Gasteiger partial charge in [-0.2, -0.15) is 0 Å². The molecule has 0 aliphatic carbocycles. The zero-order valence-corrected chi connectivity index (χ0v) is 15.5.